The summed E-state index contributed by atoms with van der Waals surface area (Å²) in [7, 11) is 5.79. The molecule has 1 aromatic rings. The molecule has 7 nitrogen and oxygen atoms in total. The quantitative estimate of drug-likeness (QED) is 0.428. The highest BCUT2D eigenvalue weighted by molar-refractivity contribution is 5.98. The average Bonchev–Trinajstić information content (AvgIpc) is 2.64. The van der Waals surface area contributed by atoms with Crippen LogP contribution in [0.4, 0.5) is 11.4 Å². The van der Waals surface area contributed by atoms with Gasteiger partial charge in [0.25, 0.3) is 5.91 Å². The Morgan fingerprint density at radius 3 is 2.46 bits per heavy atom. The summed E-state index contributed by atoms with van der Waals surface area (Å²) < 4.78 is 0. The van der Waals surface area contributed by atoms with Crippen molar-refractivity contribution in [1.82, 2.24) is 10.6 Å². The molecule has 0 fully saturated rings. The van der Waals surface area contributed by atoms with Gasteiger partial charge < -0.3 is 20.9 Å². The fourth-order valence-electron chi connectivity index (χ4n) is 1.99. The molecule has 7 heteroatoms. The van der Waals surface area contributed by atoms with E-state index in [9.17, 15) is 4.79 Å². The molecule has 1 amide bonds. The van der Waals surface area contributed by atoms with E-state index < -0.39 is 5.54 Å². The predicted molar refractivity (Wildman–Crippen MR) is 118 cm³/mol. The highest BCUT2D eigenvalue weighted by Crippen LogP contribution is 2.18. The molecule has 0 spiro atoms. The first-order chi connectivity index (χ1) is 13.3. The molecule has 0 saturated carbocycles. The second-order valence-corrected chi connectivity index (χ2v) is 7.06. The van der Waals surface area contributed by atoms with Crippen LogP contribution in [0.2, 0.25) is 0 Å². The molecule has 0 saturated heterocycles. The van der Waals surface area contributed by atoms with Gasteiger partial charge in [-0.1, -0.05) is 0 Å². The van der Waals surface area contributed by atoms with E-state index in [1.165, 1.54) is 0 Å². The van der Waals surface area contributed by atoms with Crippen LogP contribution in [0.1, 0.15) is 20.8 Å². The van der Waals surface area contributed by atoms with Gasteiger partial charge >= 0.3 is 0 Å². The van der Waals surface area contributed by atoms with Crippen LogP contribution in [-0.2, 0) is 4.79 Å². The number of amides is 1. The normalized spacial score (nSPS) is 12.4. The smallest absolute Gasteiger partial charge is 0.252 e. The van der Waals surface area contributed by atoms with E-state index in [0.717, 1.165) is 11.4 Å². The lowest BCUT2D eigenvalue weighted by molar-refractivity contribution is -0.119. The van der Waals surface area contributed by atoms with Gasteiger partial charge in [-0.15, -0.1) is 0 Å². The van der Waals surface area contributed by atoms with Gasteiger partial charge in [-0.25, -0.2) is 9.98 Å². The summed E-state index contributed by atoms with van der Waals surface area (Å²) in [6, 6.07) is 10.3. The largest absolute Gasteiger partial charge is 0.394 e. The van der Waals surface area contributed by atoms with Crippen molar-refractivity contribution in [2.24, 2.45) is 9.98 Å². The van der Waals surface area contributed by atoms with Crippen LogP contribution in [0.15, 0.2) is 58.8 Å². The van der Waals surface area contributed by atoms with Crippen LogP contribution in [0.25, 0.3) is 0 Å². The van der Waals surface area contributed by atoms with Crippen LogP contribution in [0.3, 0.4) is 0 Å². The number of nitrogens with one attached hydrogen (secondary N) is 3. The second kappa shape index (κ2) is 11.6. The molecule has 1 rings (SSSR count). The Bertz CT molecular complexity index is 728. The van der Waals surface area contributed by atoms with Crippen molar-refractivity contribution in [2.75, 3.05) is 37.9 Å². The molecular formula is C21H32N6O. The minimum Gasteiger partial charge on any atom is -0.394 e. The number of carbonyl (C=O) groups excluding carboxylic acids is 1. The molecule has 0 aromatic heterocycles. The zero-order valence-electron chi connectivity index (χ0n) is 17.7. The second-order valence-electron chi connectivity index (χ2n) is 7.06. The lowest BCUT2D eigenvalue weighted by Crippen LogP contribution is -2.35. The third-order valence-electron chi connectivity index (χ3n) is 3.81. The monoisotopic (exact) mass is 384 g/mol. The topological polar surface area (TPSA) is 81.1 Å². The van der Waals surface area contributed by atoms with Crippen LogP contribution in [-0.4, -0.2) is 51.2 Å². The van der Waals surface area contributed by atoms with Gasteiger partial charge in [0, 0.05) is 39.1 Å². The molecule has 1 unspecified atom stereocenters. The minimum atomic E-state index is -0.964. The summed E-state index contributed by atoms with van der Waals surface area (Å²) in [4.78, 5) is 22.9. The predicted octanol–water partition coefficient (Wildman–Crippen LogP) is 2.87. The summed E-state index contributed by atoms with van der Waals surface area (Å²) in [5, 5.41) is 8.93. The van der Waals surface area contributed by atoms with E-state index in [1.54, 1.807) is 13.8 Å². The molecular weight excluding hydrogens is 352 g/mol. The van der Waals surface area contributed by atoms with Crippen molar-refractivity contribution in [2.45, 2.75) is 32.4 Å². The van der Waals surface area contributed by atoms with Crippen molar-refractivity contribution in [3.63, 3.8) is 0 Å². The number of hydrogen-bond donors (Lipinski definition) is 3. The summed E-state index contributed by atoms with van der Waals surface area (Å²) in [5.74, 6) is -0.210. The van der Waals surface area contributed by atoms with Crippen LogP contribution in [0, 0.1) is 0 Å². The van der Waals surface area contributed by atoms with E-state index >= 15 is 0 Å². The molecule has 0 radical (unpaired) electrons. The Morgan fingerprint density at radius 2 is 1.86 bits per heavy atom. The van der Waals surface area contributed by atoms with E-state index in [4.69, 9.17) is 0 Å². The van der Waals surface area contributed by atoms with Gasteiger partial charge in [0.15, 0.2) is 0 Å². The fourth-order valence-corrected chi connectivity index (χ4v) is 1.99. The zero-order chi connectivity index (χ0) is 21.0. The van der Waals surface area contributed by atoms with Crippen molar-refractivity contribution in [3.8, 4) is 0 Å². The maximum atomic E-state index is 12.5. The minimum absolute atomic E-state index is 0.0147. The molecule has 0 heterocycles. The van der Waals surface area contributed by atoms with E-state index in [2.05, 4.69) is 31.9 Å². The van der Waals surface area contributed by atoms with Crippen molar-refractivity contribution in [1.29, 1.82) is 0 Å². The molecule has 1 atom stereocenters. The first-order valence-corrected chi connectivity index (χ1v) is 9.24. The van der Waals surface area contributed by atoms with E-state index in [1.807, 2.05) is 81.8 Å². The molecule has 28 heavy (non-hydrogen) atoms. The summed E-state index contributed by atoms with van der Waals surface area (Å²) in [6.07, 6.45) is 7.45. The van der Waals surface area contributed by atoms with Gasteiger partial charge in [-0.3, -0.25) is 4.79 Å². The fraction of sp³-hybridized carbons (Fsp3) is 0.429. The first-order valence-electron chi connectivity index (χ1n) is 9.24. The number of nitrogens with zero attached hydrogens (tertiary/aromatic N) is 3. The molecule has 152 valence electrons. The van der Waals surface area contributed by atoms with Gasteiger partial charge in [-0.05, 0) is 69.6 Å². The molecule has 0 aliphatic heterocycles. The Morgan fingerprint density at radius 1 is 1.21 bits per heavy atom. The Kier molecular flexibility index (Phi) is 9.54. The van der Waals surface area contributed by atoms with Crippen molar-refractivity contribution in [3.05, 3.63) is 48.8 Å². The lowest BCUT2D eigenvalue weighted by Gasteiger charge is -2.18. The van der Waals surface area contributed by atoms with Crippen molar-refractivity contribution < 1.29 is 4.79 Å². The summed E-state index contributed by atoms with van der Waals surface area (Å²) in [5.41, 5.74) is 0.833. The van der Waals surface area contributed by atoms with Crippen LogP contribution >= 0.6 is 0 Å². The van der Waals surface area contributed by atoms with Gasteiger partial charge in [0.05, 0.1) is 12.1 Å². The van der Waals surface area contributed by atoms with E-state index in [-0.39, 0.29) is 11.9 Å². The Hall–Kier alpha value is -3.05. The maximum absolute atomic E-state index is 12.5. The highest BCUT2D eigenvalue weighted by atomic mass is 16.2. The SMILES string of the molecule is CN/C=C/C=C/NCC(C)N=C=NC(C)(C)C(=O)Nc1ccc(N(C)C)cc1. The number of hydrogen-bond acceptors (Lipinski definition) is 6. The zero-order valence-corrected chi connectivity index (χ0v) is 17.7. The Labute approximate surface area is 168 Å². The maximum Gasteiger partial charge on any atom is 0.252 e. The van der Waals surface area contributed by atoms with E-state index in [0.29, 0.717) is 6.54 Å². The third-order valence-corrected chi connectivity index (χ3v) is 3.81. The van der Waals surface area contributed by atoms with Gasteiger partial charge in [0.1, 0.15) is 5.54 Å². The number of allylic oxidation sites excluding steroid dienone is 2. The number of benzene rings is 1. The number of anilines is 2. The molecule has 3 N–H and O–H groups in total. The standard InChI is InChI=1S/C21H32N6O/c1-17(15-23-14-8-7-13-22-4)24-16-25-21(2,3)20(28)26-18-9-11-19(12-10-18)27(5)6/h7-14,17,22-23H,15H2,1-6H3,(H,26,28)/b13-7+,14-8+. The van der Waals surface area contributed by atoms with Crippen LogP contribution < -0.4 is 20.9 Å². The molecule has 0 bridgehead atoms. The van der Waals surface area contributed by atoms with Gasteiger partial charge in [-0.2, -0.15) is 0 Å². The third kappa shape index (κ3) is 8.56. The number of rotatable bonds is 10. The lowest BCUT2D eigenvalue weighted by atomic mass is 10.1. The molecule has 1 aromatic carbocycles. The molecule has 0 aliphatic rings. The summed E-state index contributed by atoms with van der Waals surface area (Å²) in [6.45, 7) is 6.07. The number of aliphatic imine (C=N–C) groups is 2. The highest BCUT2D eigenvalue weighted by Gasteiger charge is 2.26. The van der Waals surface area contributed by atoms with Crippen molar-refractivity contribution >= 4 is 23.3 Å². The average molecular weight is 385 g/mol. The Balaban J connectivity index is 2.57. The number of carbonyl (C=O) groups is 1. The summed E-state index contributed by atoms with van der Waals surface area (Å²) >= 11 is 0. The van der Waals surface area contributed by atoms with Crippen LogP contribution in [0.5, 0.6) is 0 Å². The first kappa shape index (κ1) is 23.0. The molecule has 0 aliphatic carbocycles. The van der Waals surface area contributed by atoms with Gasteiger partial charge in [0.2, 0.25) is 0 Å².